The van der Waals surface area contributed by atoms with Crippen LogP contribution in [-0.4, -0.2) is 57.3 Å². The van der Waals surface area contributed by atoms with Crippen LogP contribution in [0.3, 0.4) is 0 Å². The fraction of sp³-hybridized carbons (Fsp3) is 0.923. The lowest BCUT2D eigenvalue weighted by Crippen LogP contribution is -2.46. The van der Waals surface area contributed by atoms with Gasteiger partial charge in [0.15, 0.2) is 0 Å². The van der Waals surface area contributed by atoms with E-state index in [1.807, 2.05) is 4.90 Å². The highest BCUT2D eigenvalue weighted by Crippen LogP contribution is 2.18. The molecule has 116 valence electrons. The standard InChI is InChI=1S/C13H24N2O4S/c1-20(17,18)14-11-6-8-15(9-7-11)13(16)5-4-12-3-2-10-19-12/h11-12,14H,2-10H2,1H3. The number of carbonyl (C=O) groups is 1. The van der Waals surface area contributed by atoms with Gasteiger partial charge in [0.05, 0.1) is 12.4 Å². The Labute approximate surface area is 120 Å². The summed E-state index contributed by atoms with van der Waals surface area (Å²) in [5.74, 6) is 0.165. The molecule has 20 heavy (non-hydrogen) atoms. The van der Waals surface area contributed by atoms with Crippen molar-refractivity contribution in [2.75, 3.05) is 26.0 Å². The molecule has 2 fully saturated rings. The third-order valence-electron chi connectivity index (χ3n) is 3.93. The second-order valence-corrected chi connectivity index (χ2v) is 7.50. The van der Waals surface area contributed by atoms with Crippen molar-refractivity contribution in [3.05, 3.63) is 0 Å². The van der Waals surface area contributed by atoms with E-state index in [-0.39, 0.29) is 18.1 Å². The Morgan fingerprint density at radius 1 is 1.30 bits per heavy atom. The molecule has 0 bridgehead atoms. The number of hydrogen-bond donors (Lipinski definition) is 1. The van der Waals surface area contributed by atoms with E-state index in [1.165, 1.54) is 6.26 Å². The largest absolute Gasteiger partial charge is 0.378 e. The number of sulfonamides is 1. The van der Waals surface area contributed by atoms with Crippen LogP contribution in [0.2, 0.25) is 0 Å². The molecule has 2 heterocycles. The number of rotatable bonds is 5. The molecule has 0 aromatic heterocycles. The first-order valence-electron chi connectivity index (χ1n) is 7.31. The van der Waals surface area contributed by atoms with Crippen LogP contribution in [0.25, 0.3) is 0 Å². The van der Waals surface area contributed by atoms with Crippen molar-refractivity contribution >= 4 is 15.9 Å². The molecule has 1 unspecified atom stereocenters. The highest BCUT2D eigenvalue weighted by atomic mass is 32.2. The number of ether oxygens (including phenoxy) is 1. The molecule has 0 aromatic rings. The molecule has 1 atom stereocenters. The molecule has 7 heteroatoms. The van der Waals surface area contributed by atoms with Gasteiger partial charge >= 0.3 is 0 Å². The first-order chi connectivity index (χ1) is 9.44. The van der Waals surface area contributed by atoms with Gasteiger partial charge in [0.25, 0.3) is 0 Å². The van der Waals surface area contributed by atoms with E-state index < -0.39 is 10.0 Å². The first-order valence-corrected chi connectivity index (χ1v) is 9.20. The van der Waals surface area contributed by atoms with E-state index in [4.69, 9.17) is 4.74 Å². The van der Waals surface area contributed by atoms with E-state index in [0.29, 0.717) is 32.4 Å². The fourth-order valence-electron chi connectivity index (χ4n) is 2.86. The van der Waals surface area contributed by atoms with Crippen molar-refractivity contribution in [2.24, 2.45) is 0 Å². The lowest BCUT2D eigenvalue weighted by Gasteiger charge is -2.32. The molecule has 0 saturated carbocycles. The third-order valence-corrected chi connectivity index (χ3v) is 4.69. The molecule has 0 aromatic carbocycles. The summed E-state index contributed by atoms with van der Waals surface area (Å²) in [6.07, 6.45) is 6.32. The zero-order valence-corrected chi connectivity index (χ0v) is 12.8. The monoisotopic (exact) mass is 304 g/mol. The molecule has 1 amide bonds. The van der Waals surface area contributed by atoms with Gasteiger partial charge in [-0.1, -0.05) is 0 Å². The maximum absolute atomic E-state index is 12.1. The van der Waals surface area contributed by atoms with Crippen molar-refractivity contribution in [3.8, 4) is 0 Å². The Hall–Kier alpha value is -0.660. The zero-order chi connectivity index (χ0) is 14.6. The summed E-state index contributed by atoms with van der Waals surface area (Å²) in [4.78, 5) is 13.9. The Bertz CT molecular complexity index is 424. The van der Waals surface area contributed by atoms with E-state index in [2.05, 4.69) is 4.72 Å². The summed E-state index contributed by atoms with van der Waals surface area (Å²) in [7, 11) is -3.15. The maximum atomic E-state index is 12.1. The molecule has 6 nitrogen and oxygen atoms in total. The van der Waals surface area contributed by atoms with E-state index in [1.54, 1.807) is 0 Å². The number of likely N-dealkylation sites (tertiary alicyclic amines) is 1. The second-order valence-electron chi connectivity index (χ2n) is 5.72. The van der Waals surface area contributed by atoms with Gasteiger partial charge in [0.1, 0.15) is 0 Å². The van der Waals surface area contributed by atoms with Crippen LogP contribution >= 0.6 is 0 Å². The SMILES string of the molecule is CS(=O)(=O)NC1CCN(C(=O)CCC2CCCO2)CC1. The van der Waals surface area contributed by atoms with E-state index in [9.17, 15) is 13.2 Å². The normalized spacial score (nSPS) is 25.1. The summed E-state index contributed by atoms with van der Waals surface area (Å²) in [5.41, 5.74) is 0. The molecule has 2 saturated heterocycles. The predicted molar refractivity (Wildman–Crippen MR) is 75.8 cm³/mol. The van der Waals surface area contributed by atoms with Crippen LogP contribution in [0.15, 0.2) is 0 Å². The number of nitrogens with zero attached hydrogens (tertiary/aromatic N) is 1. The summed E-state index contributed by atoms with van der Waals surface area (Å²) < 4.78 is 30.4. The molecule has 1 N–H and O–H groups in total. The lowest BCUT2D eigenvalue weighted by atomic mass is 10.0. The van der Waals surface area contributed by atoms with Gasteiger partial charge in [-0.2, -0.15) is 0 Å². The van der Waals surface area contributed by atoms with Crippen LogP contribution in [0.4, 0.5) is 0 Å². The van der Waals surface area contributed by atoms with Crippen molar-refractivity contribution < 1.29 is 17.9 Å². The number of piperidine rings is 1. The molecule has 0 aliphatic carbocycles. The van der Waals surface area contributed by atoms with Crippen LogP contribution in [0.1, 0.15) is 38.5 Å². The molecule has 2 rings (SSSR count). The molecule has 0 radical (unpaired) electrons. The molecule has 2 aliphatic rings. The summed E-state index contributed by atoms with van der Waals surface area (Å²) in [5, 5.41) is 0. The van der Waals surface area contributed by atoms with Gasteiger partial charge in [-0.3, -0.25) is 4.79 Å². The van der Waals surface area contributed by atoms with Gasteiger partial charge in [-0.15, -0.1) is 0 Å². The summed E-state index contributed by atoms with van der Waals surface area (Å²) in [6.45, 7) is 2.09. The Morgan fingerprint density at radius 3 is 2.55 bits per heavy atom. The molecule has 0 spiro atoms. The minimum Gasteiger partial charge on any atom is -0.378 e. The number of amides is 1. The fourth-order valence-corrected chi connectivity index (χ4v) is 3.71. The zero-order valence-electron chi connectivity index (χ0n) is 12.0. The first kappa shape index (κ1) is 15.7. The van der Waals surface area contributed by atoms with Gasteiger partial charge in [-0.25, -0.2) is 13.1 Å². The van der Waals surface area contributed by atoms with Crippen LogP contribution in [0.5, 0.6) is 0 Å². The van der Waals surface area contributed by atoms with Gasteiger partial charge in [-0.05, 0) is 32.1 Å². The quantitative estimate of drug-likeness (QED) is 0.802. The van der Waals surface area contributed by atoms with Crippen molar-refractivity contribution in [1.29, 1.82) is 0 Å². The Morgan fingerprint density at radius 2 is 2.00 bits per heavy atom. The molecular weight excluding hydrogens is 280 g/mol. The predicted octanol–water partition coefficient (Wildman–Crippen LogP) is 0.486. The van der Waals surface area contributed by atoms with Crippen LogP contribution in [-0.2, 0) is 19.6 Å². The van der Waals surface area contributed by atoms with Crippen LogP contribution < -0.4 is 4.72 Å². The average molecular weight is 304 g/mol. The van der Waals surface area contributed by atoms with E-state index in [0.717, 1.165) is 25.9 Å². The van der Waals surface area contributed by atoms with Crippen molar-refractivity contribution in [1.82, 2.24) is 9.62 Å². The maximum Gasteiger partial charge on any atom is 0.222 e. The number of nitrogens with one attached hydrogen (secondary N) is 1. The summed E-state index contributed by atoms with van der Waals surface area (Å²) >= 11 is 0. The minimum absolute atomic E-state index is 0.0350. The van der Waals surface area contributed by atoms with Gasteiger partial charge < -0.3 is 9.64 Å². The Kier molecular flexibility index (Phi) is 5.40. The van der Waals surface area contributed by atoms with Gasteiger partial charge in [0.2, 0.25) is 15.9 Å². The topological polar surface area (TPSA) is 75.7 Å². The van der Waals surface area contributed by atoms with Crippen LogP contribution in [0, 0.1) is 0 Å². The third kappa shape index (κ3) is 5.03. The molecular formula is C13H24N2O4S. The molecule has 2 aliphatic heterocycles. The van der Waals surface area contributed by atoms with E-state index >= 15 is 0 Å². The average Bonchev–Trinajstić information content (AvgIpc) is 2.88. The second kappa shape index (κ2) is 6.87. The Balaban J connectivity index is 1.68. The number of carbonyl (C=O) groups excluding carboxylic acids is 1. The number of hydrogen-bond acceptors (Lipinski definition) is 4. The summed E-state index contributed by atoms with van der Waals surface area (Å²) in [6, 6.07) is -0.0350. The minimum atomic E-state index is -3.15. The lowest BCUT2D eigenvalue weighted by molar-refractivity contribution is -0.132. The van der Waals surface area contributed by atoms with Gasteiger partial charge in [0, 0.05) is 32.2 Å². The van der Waals surface area contributed by atoms with Crippen molar-refractivity contribution in [3.63, 3.8) is 0 Å². The smallest absolute Gasteiger partial charge is 0.222 e. The highest BCUT2D eigenvalue weighted by Gasteiger charge is 2.25. The highest BCUT2D eigenvalue weighted by molar-refractivity contribution is 7.88. The van der Waals surface area contributed by atoms with Crippen molar-refractivity contribution in [2.45, 2.75) is 50.7 Å².